The first kappa shape index (κ1) is 11.0. The quantitative estimate of drug-likeness (QED) is 0.783. The van der Waals surface area contributed by atoms with E-state index in [2.05, 4.69) is 0 Å². The van der Waals surface area contributed by atoms with Crippen LogP contribution in [-0.2, 0) is 6.42 Å². The van der Waals surface area contributed by atoms with E-state index in [-0.39, 0.29) is 11.6 Å². The van der Waals surface area contributed by atoms with Crippen molar-refractivity contribution in [1.82, 2.24) is 0 Å². The van der Waals surface area contributed by atoms with Crippen LogP contribution in [0.5, 0.6) is 0 Å². The van der Waals surface area contributed by atoms with Crippen molar-refractivity contribution in [2.75, 3.05) is 17.2 Å². The lowest BCUT2D eigenvalue weighted by atomic mass is 10.1. The Morgan fingerprint density at radius 3 is 2.61 bits per heavy atom. The third-order valence-electron chi connectivity index (χ3n) is 3.21. The summed E-state index contributed by atoms with van der Waals surface area (Å²) in [7, 11) is 0. The standard InChI is InChI=1S/C14H12F2N2/c15-10-2-1-9-5-6-18(14(9)7-10)13-4-3-11(17)8-12(13)16/h1-4,7-8H,5-6,17H2. The van der Waals surface area contributed by atoms with Crippen LogP contribution < -0.4 is 10.6 Å². The molecule has 3 rings (SSSR count). The minimum atomic E-state index is -0.382. The van der Waals surface area contributed by atoms with E-state index in [4.69, 9.17) is 5.73 Å². The second kappa shape index (κ2) is 3.98. The fourth-order valence-corrected chi connectivity index (χ4v) is 2.34. The predicted molar refractivity (Wildman–Crippen MR) is 67.9 cm³/mol. The molecule has 1 aliphatic heterocycles. The molecule has 4 heteroatoms. The van der Waals surface area contributed by atoms with E-state index in [1.807, 2.05) is 0 Å². The largest absolute Gasteiger partial charge is 0.399 e. The number of nitrogens with two attached hydrogens (primary N) is 1. The summed E-state index contributed by atoms with van der Waals surface area (Å²) >= 11 is 0. The smallest absolute Gasteiger partial charge is 0.148 e. The van der Waals surface area contributed by atoms with Gasteiger partial charge in [0.1, 0.15) is 11.6 Å². The van der Waals surface area contributed by atoms with Crippen molar-refractivity contribution in [1.29, 1.82) is 0 Å². The van der Waals surface area contributed by atoms with Gasteiger partial charge in [0.2, 0.25) is 0 Å². The van der Waals surface area contributed by atoms with Crippen molar-refractivity contribution in [2.24, 2.45) is 0 Å². The number of nitrogen functional groups attached to an aromatic ring is 1. The van der Waals surface area contributed by atoms with Gasteiger partial charge in [0.15, 0.2) is 0 Å². The molecule has 0 saturated heterocycles. The number of nitrogens with zero attached hydrogens (tertiary/aromatic N) is 1. The number of benzene rings is 2. The molecule has 0 amide bonds. The Labute approximate surface area is 104 Å². The molecule has 1 aliphatic rings. The number of hydrogen-bond donors (Lipinski definition) is 1. The van der Waals surface area contributed by atoms with Crippen LogP contribution in [0.3, 0.4) is 0 Å². The van der Waals surface area contributed by atoms with E-state index in [0.717, 1.165) is 17.7 Å². The molecular formula is C14H12F2N2. The van der Waals surface area contributed by atoms with Crippen molar-refractivity contribution < 1.29 is 8.78 Å². The molecular weight excluding hydrogens is 234 g/mol. The first-order valence-electron chi connectivity index (χ1n) is 5.76. The van der Waals surface area contributed by atoms with Crippen molar-refractivity contribution in [2.45, 2.75) is 6.42 Å². The second-order valence-corrected chi connectivity index (χ2v) is 4.39. The molecule has 0 aromatic heterocycles. The molecule has 18 heavy (non-hydrogen) atoms. The first-order valence-corrected chi connectivity index (χ1v) is 5.76. The number of halogens is 2. The molecule has 92 valence electrons. The highest BCUT2D eigenvalue weighted by molar-refractivity contribution is 5.71. The molecule has 1 heterocycles. The molecule has 0 aliphatic carbocycles. The summed E-state index contributed by atoms with van der Waals surface area (Å²) < 4.78 is 27.2. The van der Waals surface area contributed by atoms with Crippen LogP contribution in [0, 0.1) is 11.6 Å². The number of rotatable bonds is 1. The van der Waals surface area contributed by atoms with Gasteiger partial charge in [0, 0.05) is 17.9 Å². The average molecular weight is 246 g/mol. The van der Waals surface area contributed by atoms with E-state index < -0.39 is 0 Å². The second-order valence-electron chi connectivity index (χ2n) is 4.39. The lowest BCUT2D eigenvalue weighted by Gasteiger charge is -2.20. The predicted octanol–water partition coefficient (Wildman–Crippen LogP) is 3.24. The van der Waals surface area contributed by atoms with Gasteiger partial charge in [-0.2, -0.15) is 0 Å². The van der Waals surface area contributed by atoms with Crippen LogP contribution in [0.15, 0.2) is 36.4 Å². The zero-order valence-corrected chi connectivity index (χ0v) is 9.66. The van der Waals surface area contributed by atoms with Gasteiger partial charge >= 0.3 is 0 Å². The maximum absolute atomic E-state index is 13.9. The fraction of sp³-hybridized carbons (Fsp3) is 0.143. The molecule has 0 fully saturated rings. The third-order valence-corrected chi connectivity index (χ3v) is 3.21. The highest BCUT2D eigenvalue weighted by atomic mass is 19.1. The number of anilines is 3. The average Bonchev–Trinajstić information content (AvgIpc) is 2.72. The van der Waals surface area contributed by atoms with E-state index in [1.54, 1.807) is 23.1 Å². The van der Waals surface area contributed by atoms with Crippen molar-refractivity contribution in [3.05, 3.63) is 53.6 Å². The maximum Gasteiger partial charge on any atom is 0.148 e. The molecule has 2 aromatic carbocycles. The van der Waals surface area contributed by atoms with Crippen LogP contribution >= 0.6 is 0 Å². The van der Waals surface area contributed by atoms with Gasteiger partial charge in [0.25, 0.3) is 0 Å². The van der Waals surface area contributed by atoms with Crippen molar-refractivity contribution >= 4 is 17.1 Å². The van der Waals surface area contributed by atoms with E-state index in [1.165, 1.54) is 18.2 Å². The topological polar surface area (TPSA) is 29.3 Å². The molecule has 0 atom stereocenters. The monoisotopic (exact) mass is 246 g/mol. The molecule has 0 unspecified atom stereocenters. The van der Waals surface area contributed by atoms with Crippen LogP contribution in [0.25, 0.3) is 0 Å². The van der Waals surface area contributed by atoms with Gasteiger partial charge in [-0.1, -0.05) is 6.07 Å². The van der Waals surface area contributed by atoms with Crippen LogP contribution in [0.2, 0.25) is 0 Å². The summed E-state index contributed by atoms with van der Waals surface area (Å²) in [4.78, 5) is 1.78. The summed E-state index contributed by atoms with van der Waals surface area (Å²) in [5.74, 6) is -0.691. The summed E-state index contributed by atoms with van der Waals surface area (Å²) in [6, 6.07) is 9.19. The zero-order chi connectivity index (χ0) is 12.7. The van der Waals surface area contributed by atoms with E-state index in [9.17, 15) is 8.78 Å². The molecule has 0 radical (unpaired) electrons. The van der Waals surface area contributed by atoms with Crippen LogP contribution in [-0.4, -0.2) is 6.54 Å². The van der Waals surface area contributed by atoms with Gasteiger partial charge in [-0.05, 0) is 42.3 Å². The Kier molecular flexibility index (Phi) is 2.44. The minimum Gasteiger partial charge on any atom is -0.399 e. The van der Waals surface area contributed by atoms with Gasteiger partial charge in [-0.3, -0.25) is 0 Å². The Hall–Kier alpha value is -2.10. The normalized spacial score (nSPS) is 13.8. The number of fused-ring (bicyclic) bond motifs is 1. The Morgan fingerprint density at radius 1 is 1.00 bits per heavy atom. The highest BCUT2D eigenvalue weighted by Crippen LogP contribution is 2.36. The van der Waals surface area contributed by atoms with Gasteiger partial charge in [0.05, 0.1) is 5.69 Å². The molecule has 0 saturated carbocycles. The lowest BCUT2D eigenvalue weighted by molar-refractivity contribution is 0.623. The molecule has 2 N–H and O–H groups in total. The Bertz CT molecular complexity index is 611. The third kappa shape index (κ3) is 1.70. The lowest BCUT2D eigenvalue weighted by Crippen LogP contribution is -2.15. The van der Waals surface area contributed by atoms with Gasteiger partial charge < -0.3 is 10.6 Å². The fourth-order valence-electron chi connectivity index (χ4n) is 2.34. The minimum absolute atomic E-state index is 0.309. The van der Waals surface area contributed by atoms with Crippen molar-refractivity contribution in [3.8, 4) is 0 Å². The maximum atomic E-state index is 13.9. The van der Waals surface area contributed by atoms with Crippen LogP contribution in [0.4, 0.5) is 25.8 Å². The molecule has 2 nitrogen and oxygen atoms in total. The zero-order valence-electron chi connectivity index (χ0n) is 9.66. The highest BCUT2D eigenvalue weighted by Gasteiger charge is 2.23. The Balaban J connectivity index is 2.08. The summed E-state index contributed by atoms with van der Waals surface area (Å²) in [6.07, 6.45) is 0.791. The van der Waals surface area contributed by atoms with E-state index >= 15 is 0 Å². The molecule has 0 spiro atoms. The van der Waals surface area contributed by atoms with Gasteiger partial charge in [-0.15, -0.1) is 0 Å². The first-order chi connectivity index (χ1) is 8.65. The molecule has 2 aromatic rings. The molecule has 0 bridgehead atoms. The summed E-state index contributed by atoms with van der Waals surface area (Å²) in [6.45, 7) is 0.652. The van der Waals surface area contributed by atoms with Crippen LogP contribution in [0.1, 0.15) is 5.56 Å². The number of hydrogen-bond acceptors (Lipinski definition) is 2. The Morgan fingerprint density at radius 2 is 1.83 bits per heavy atom. The van der Waals surface area contributed by atoms with Crippen molar-refractivity contribution in [3.63, 3.8) is 0 Å². The van der Waals surface area contributed by atoms with Gasteiger partial charge in [-0.25, -0.2) is 8.78 Å². The summed E-state index contributed by atoms with van der Waals surface area (Å²) in [5.41, 5.74) is 8.12. The summed E-state index contributed by atoms with van der Waals surface area (Å²) in [5, 5.41) is 0. The SMILES string of the molecule is Nc1ccc(N2CCc3ccc(F)cc32)c(F)c1. The van der Waals surface area contributed by atoms with E-state index in [0.29, 0.717) is 17.9 Å².